The van der Waals surface area contributed by atoms with Gasteiger partial charge in [0, 0.05) is 22.9 Å². The lowest BCUT2D eigenvalue weighted by Crippen LogP contribution is -2.39. The van der Waals surface area contributed by atoms with Crippen molar-refractivity contribution in [2.45, 2.75) is 18.9 Å². The molecule has 7 heteroatoms. The molecule has 6 nitrogen and oxygen atoms in total. The van der Waals surface area contributed by atoms with Crippen molar-refractivity contribution >= 4 is 23.1 Å². The third-order valence-corrected chi connectivity index (χ3v) is 5.37. The lowest BCUT2D eigenvalue weighted by atomic mass is 9.91. The largest absolute Gasteiger partial charge is 0.341 e. The van der Waals surface area contributed by atoms with Gasteiger partial charge in [0.1, 0.15) is 5.01 Å². The van der Waals surface area contributed by atoms with Gasteiger partial charge in [-0.25, -0.2) is 14.8 Å². The molecule has 1 aromatic carbocycles. The Balaban J connectivity index is 1.72. The second-order valence-electron chi connectivity index (χ2n) is 6.17. The normalized spacial score (nSPS) is 19.1. The van der Waals surface area contributed by atoms with Crippen LogP contribution >= 0.6 is 11.3 Å². The van der Waals surface area contributed by atoms with Crippen LogP contribution in [0.3, 0.4) is 0 Å². The van der Waals surface area contributed by atoms with Crippen molar-refractivity contribution in [3.8, 4) is 17.3 Å². The van der Waals surface area contributed by atoms with Gasteiger partial charge in [0.2, 0.25) is 0 Å². The molecule has 2 atom stereocenters. The molecule has 1 aliphatic rings. The molecule has 2 unspecified atom stereocenters. The van der Waals surface area contributed by atoms with E-state index in [0.29, 0.717) is 5.56 Å². The summed E-state index contributed by atoms with van der Waals surface area (Å²) in [5.41, 5.74) is 3.89. The highest BCUT2D eigenvalue weighted by Crippen LogP contribution is 2.37. The molecule has 27 heavy (non-hydrogen) atoms. The summed E-state index contributed by atoms with van der Waals surface area (Å²) in [6.07, 6.45) is 1.71. The van der Waals surface area contributed by atoms with Crippen molar-refractivity contribution in [1.29, 1.82) is 5.26 Å². The first-order valence-electron chi connectivity index (χ1n) is 8.38. The van der Waals surface area contributed by atoms with Crippen LogP contribution in [-0.2, 0) is 0 Å². The zero-order valence-corrected chi connectivity index (χ0v) is 15.3. The van der Waals surface area contributed by atoms with E-state index in [1.165, 1.54) is 11.3 Å². The molecule has 1 N–H and O–H groups in total. The highest BCUT2D eigenvalue weighted by Gasteiger charge is 2.35. The molecule has 132 valence electrons. The molecule has 1 aliphatic heterocycles. The Morgan fingerprint density at radius 1 is 1.19 bits per heavy atom. The van der Waals surface area contributed by atoms with Crippen LogP contribution in [-0.4, -0.2) is 21.7 Å². The Bertz CT molecular complexity index is 1050. The fourth-order valence-electron chi connectivity index (χ4n) is 3.12. The van der Waals surface area contributed by atoms with Crippen LogP contribution in [0.25, 0.3) is 11.3 Å². The number of hydrogen-bond donors (Lipinski definition) is 1. The molecule has 4 rings (SSSR count). The second-order valence-corrected chi connectivity index (χ2v) is 7.06. The smallest absolute Gasteiger partial charge is 0.327 e. The van der Waals surface area contributed by atoms with Gasteiger partial charge in [0.15, 0.2) is 0 Å². The van der Waals surface area contributed by atoms with Gasteiger partial charge in [-0.1, -0.05) is 18.2 Å². The standard InChI is InChI=1S/C20H15N5OS/c1-12-17(18(25-20(26)23-12)15-4-2-3-9-22-15)19-24-16(11-27-19)14-7-5-13(10-21)6-8-14/h2-9,11,17-18H,1H3,(H,25,26). The third-order valence-electron chi connectivity index (χ3n) is 4.44. The number of benzene rings is 1. The Morgan fingerprint density at radius 2 is 2.00 bits per heavy atom. The van der Waals surface area contributed by atoms with Crippen molar-refractivity contribution in [3.63, 3.8) is 0 Å². The topological polar surface area (TPSA) is 91.0 Å². The van der Waals surface area contributed by atoms with E-state index in [4.69, 9.17) is 10.2 Å². The van der Waals surface area contributed by atoms with E-state index in [0.717, 1.165) is 27.7 Å². The number of aliphatic imine (C=N–C) groups is 1. The van der Waals surface area contributed by atoms with Crippen molar-refractivity contribution in [2.24, 2.45) is 4.99 Å². The fourth-order valence-corrected chi connectivity index (χ4v) is 4.15. The number of urea groups is 1. The number of rotatable bonds is 3. The lowest BCUT2D eigenvalue weighted by Gasteiger charge is -2.29. The molecule has 0 aliphatic carbocycles. The van der Waals surface area contributed by atoms with E-state index in [1.54, 1.807) is 18.3 Å². The van der Waals surface area contributed by atoms with Gasteiger partial charge < -0.3 is 5.32 Å². The quantitative estimate of drug-likeness (QED) is 0.749. The van der Waals surface area contributed by atoms with Gasteiger partial charge in [0.05, 0.1) is 35.0 Å². The number of pyridine rings is 1. The Morgan fingerprint density at radius 3 is 2.70 bits per heavy atom. The average molecular weight is 373 g/mol. The maximum atomic E-state index is 12.0. The first-order valence-corrected chi connectivity index (χ1v) is 9.26. The molecular weight excluding hydrogens is 358 g/mol. The van der Waals surface area contributed by atoms with Crippen LogP contribution < -0.4 is 5.32 Å². The summed E-state index contributed by atoms with van der Waals surface area (Å²) in [5.74, 6) is -0.172. The highest BCUT2D eigenvalue weighted by molar-refractivity contribution is 7.10. The summed E-state index contributed by atoms with van der Waals surface area (Å²) < 4.78 is 0. The van der Waals surface area contributed by atoms with E-state index in [-0.39, 0.29) is 18.0 Å². The third kappa shape index (κ3) is 3.35. The van der Waals surface area contributed by atoms with E-state index in [9.17, 15) is 4.79 Å². The summed E-state index contributed by atoms with van der Waals surface area (Å²) in [4.78, 5) is 25.2. The minimum Gasteiger partial charge on any atom is -0.327 e. The van der Waals surface area contributed by atoms with Crippen molar-refractivity contribution < 1.29 is 4.79 Å². The average Bonchev–Trinajstić information content (AvgIpc) is 3.18. The minimum absolute atomic E-state index is 0.172. The highest BCUT2D eigenvalue weighted by atomic mass is 32.1. The number of amides is 2. The predicted molar refractivity (Wildman–Crippen MR) is 104 cm³/mol. The maximum absolute atomic E-state index is 12.0. The molecule has 2 amide bonds. The van der Waals surface area contributed by atoms with Gasteiger partial charge in [0.25, 0.3) is 0 Å². The van der Waals surface area contributed by atoms with Gasteiger partial charge in [-0.15, -0.1) is 11.3 Å². The SMILES string of the molecule is CC1=NC(=O)NC(c2ccccn2)C1c1nc(-c2ccc(C#N)cc2)cs1. The predicted octanol–water partition coefficient (Wildman–Crippen LogP) is 4.09. The first kappa shape index (κ1) is 17.1. The minimum atomic E-state index is -0.358. The molecular formula is C20H15N5OS. The molecule has 0 radical (unpaired) electrons. The molecule has 3 heterocycles. The number of thiazole rings is 1. The Labute approximate surface area is 160 Å². The lowest BCUT2D eigenvalue weighted by molar-refractivity contribution is 0.242. The number of hydrogen-bond acceptors (Lipinski definition) is 5. The van der Waals surface area contributed by atoms with Crippen molar-refractivity contribution in [1.82, 2.24) is 15.3 Å². The molecule has 2 aromatic heterocycles. The van der Waals surface area contributed by atoms with Crippen LogP contribution in [0.4, 0.5) is 4.79 Å². The van der Waals surface area contributed by atoms with Crippen molar-refractivity contribution in [3.05, 3.63) is 70.3 Å². The zero-order valence-electron chi connectivity index (χ0n) is 14.5. The number of nitrogens with zero attached hydrogens (tertiary/aromatic N) is 4. The number of carbonyl (C=O) groups is 1. The summed E-state index contributed by atoms with van der Waals surface area (Å²) in [7, 11) is 0. The molecule has 3 aromatic rings. The van der Waals surface area contributed by atoms with E-state index < -0.39 is 0 Å². The number of carbonyl (C=O) groups excluding carboxylic acids is 1. The summed E-state index contributed by atoms with van der Waals surface area (Å²) in [6, 6.07) is 14.4. The van der Waals surface area contributed by atoms with Crippen molar-refractivity contribution in [2.75, 3.05) is 0 Å². The number of aromatic nitrogens is 2. The molecule has 0 bridgehead atoms. The monoisotopic (exact) mass is 373 g/mol. The summed E-state index contributed by atoms with van der Waals surface area (Å²) in [5, 5.41) is 14.7. The van der Waals surface area contributed by atoms with Crippen LogP contribution in [0.5, 0.6) is 0 Å². The second kappa shape index (κ2) is 7.09. The van der Waals surface area contributed by atoms with Gasteiger partial charge in [-0.3, -0.25) is 4.98 Å². The molecule has 0 saturated carbocycles. The molecule has 0 fully saturated rings. The van der Waals surface area contributed by atoms with E-state index >= 15 is 0 Å². The summed E-state index contributed by atoms with van der Waals surface area (Å²) in [6.45, 7) is 1.85. The first-order chi connectivity index (χ1) is 13.2. The van der Waals surface area contributed by atoms with Gasteiger partial charge in [-0.2, -0.15) is 5.26 Å². The van der Waals surface area contributed by atoms with Gasteiger partial charge >= 0.3 is 6.03 Å². The van der Waals surface area contributed by atoms with Crippen LogP contribution in [0, 0.1) is 11.3 Å². The molecule has 0 saturated heterocycles. The van der Waals surface area contributed by atoms with Crippen LogP contribution in [0.2, 0.25) is 0 Å². The van der Waals surface area contributed by atoms with Crippen LogP contribution in [0.15, 0.2) is 59.0 Å². The maximum Gasteiger partial charge on any atom is 0.341 e. The van der Waals surface area contributed by atoms with E-state index in [2.05, 4.69) is 21.4 Å². The number of nitrogens with one attached hydrogen (secondary N) is 1. The van der Waals surface area contributed by atoms with Crippen LogP contribution in [0.1, 0.15) is 35.1 Å². The number of nitriles is 1. The Kier molecular flexibility index (Phi) is 4.48. The zero-order chi connectivity index (χ0) is 18.8. The van der Waals surface area contributed by atoms with E-state index in [1.807, 2.05) is 42.6 Å². The Hall–Kier alpha value is -3.37. The fraction of sp³-hybridized carbons (Fsp3) is 0.150. The summed E-state index contributed by atoms with van der Waals surface area (Å²) >= 11 is 1.53. The molecule has 0 spiro atoms. The van der Waals surface area contributed by atoms with Gasteiger partial charge in [-0.05, 0) is 31.2 Å².